The van der Waals surface area contributed by atoms with Crippen LogP contribution in [0.5, 0.6) is 23.0 Å². The molecule has 4 aromatic carbocycles. The zero-order chi connectivity index (χ0) is 28.1. The third-order valence-electron chi connectivity index (χ3n) is 7.35. The molecule has 0 heterocycles. The number of rotatable bonds is 10. The Kier molecular flexibility index (Phi) is 9.17. The standard InChI is InChI=1S/C32H38O5Si2/c1-21-9-13-25(33-5)17-29(21)38(30-18-26(34-6)14-10-22(30)2)37-39(31-19-27(35-7)15-11-23(31)3)32-20-28(36-8)16-12-24(32)4/h9-20,38-39H,1-8H3. The molecule has 39 heavy (non-hydrogen) atoms. The largest absolute Gasteiger partial charge is 0.497 e. The molecule has 4 rings (SSSR count). The molecule has 204 valence electrons. The van der Waals surface area contributed by atoms with Crippen LogP contribution in [0.3, 0.4) is 0 Å². The van der Waals surface area contributed by atoms with Crippen LogP contribution in [0.15, 0.2) is 72.8 Å². The maximum atomic E-state index is 7.57. The Morgan fingerprint density at radius 1 is 0.385 bits per heavy atom. The van der Waals surface area contributed by atoms with Crippen molar-refractivity contribution in [2.24, 2.45) is 0 Å². The first-order chi connectivity index (χ1) is 18.8. The Morgan fingerprint density at radius 2 is 0.615 bits per heavy atom. The molecule has 0 aliphatic heterocycles. The highest BCUT2D eigenvalue weighted by molar-refractivity contribution is 6.92. The minimum absolute atomic E-state index is 0.825. The fraction of sp³-hybridized carbons (Fsp3) is 0.250. The molecule has 0 amide bonds. The quantitative estimate of drug-likeness (QED) is 0.280. The van der Waals surface area contributed by atoms with Crippen LogP contribution in [-0.2, 0) is 4.12 Å². The summed E-state index contributed by atoms with van der Waals surface area (Å²) >= 11 is 0. The molecule has 0 spiro atoms. The summed E-state index contributed by atoms with van der Waals surface area (Å²) in [5, 5.41) is 4.79. The minimum atomic E-state index is -2.28. The van der Waals surface area contributed by atoms with Crippen molar-refractivity contribution in [3.8, 4) is 23.0 Å². The Labute approximate surface area is 235 Å². The van der Waals surface area contributed by atoms with E-state index in [2.05, 4.69) is 76.2 Å². The van der Waals surface area contributed by atoms with Crippen LogP contribution in [0.25, 0.3) is 0 Å². The summed E-state index contributed by atoms with van der Waals surface area (Å²) in [6.45, 7) is 8.60. The second-order valence-electron chi connectivity index (χ2n) is 9.79. The second kappa shape index (κ2) is 12.6. The van der Waals surface area contributed by atoms with Crippen LogP contribution in [0, 0.1) is 27.7 Å². The molecule has 7 heteroatoms. The van der Waals surface area contributed by atoms with Crippen molar-refractivity contribution < 1.29 is 23.1 Å². The highest BCUT2D eigenvalue weighted by atomic mass is 28.4. The highest BCUT2D eigenvalue weighted by Gasteiger charge is 2.31. The number of benzene rings is 4. The van der Waals surface area contributed by atoms with Crippen molar-refractivity contribution in [3.05, 3.63) is 95.1 Å². The Bertz CT molecular complexity index is 1240. The maximum Gasteiger partial charge on any atom is 0.229 e. The molecule has 0 aliphatic rings. The van der Waals surface area contributed by atoms with Gasteiger partial charge in [0.05, 0.1) is 28.4 Å². The van der Waals surface area contributed by atoms with E-state index in [1.807, 2.05) is 24.3 Å². The Hall–Kier alpha value is -3.53. The van der Waals surface area contributed by atoms with E-state index in [0.29, 0.717) is 0 Å². The van der Waals surface area contributed by atoms with E-state index in [4.69, 9.17) is 23.1 Å². The van der Waals surface area contributed by atoms with Gasteiger partial charge in [0, 0.05) is 0 Å². The molecule has 0 N–H and O–H groups in total. The van der Waals surface area contributed by atoms with Gasteiger partial charge in [0.15, 0.2) is 0 Å². The molecule has 0 unspecified atom stereocenters. The van der Waals surface area contributed by atoms with Crippen molar-refractivity contribution in [2.75, 3.05) is 28.4 Å². The monoisotopic (exact) mass is 558 g/mol. The predicted molar refractivity (Wildman–Crippen MR) is 165 cm³/mol. The van der Waals surface area contributed by atoms with E-state index >= 15 is 0 Å². The molecule has 0 fully saturated rings. The fourth-order valence-corrected chi connectivity index (χ4v) is 12.3. The van der Waals surface area contributed by atoms with Crippen LogP contribution < -0.4 is 39.7 Å². The Balaban J connectivity index is 1.99. The van der Waals surface area contributed by atoms with Gasteiger partial charge in [0.25, 0.3) is 0 Å². The van der Waals surface area contributed by atoms with E-state index in [0.717, 1.165) is 23.0 Å². The number of aryl methyl sites for hydroxylation is 4. The zero-order valence-corrected chi connectivity index (χ0v) is 26.4. The number of hydrogen-bond acceptors (Lipinski definition) is 5. The number of ether oxygens (including phenoxy) is 4. The van der Waals surface area contributed by atoms with Crippen LogP contribution in [0.2, 0.25) is 0 Å². The lowest BCUT2D eigenvalue weighted by Crippen LogP contribution is -2.58. The van der Waals surface area contributed by atoms with Crippen molar-refractivity contribution >= 4 is 38.8 Å². The summed E-state index contributed by atoms with van der Waals surface area (Å²) in [6, 6.07) is 25.1. The van der Waals surface area contributed by atoms with Gasteiger partial charge < -0.3 is 23.1 Å². The molecule has 0 atom stereocenters. The van der Waals surface area contributed by atoms with Gasteiger partial charge in [-0.15, -0.1) is 0 Å². The summed E-state index contributed by atoms with van der Waals surface area (Å²) in [7, 11) is 2.27. The summed E-state index contributed by atoms with van der Waals surface area (Å²) in [5.74, 6) is 3.30. The molecule has 0 aliphatic carbocycles. The van der Waals surface area contributed by atoms with Gasteiger partial charge in [0.2, 0.25) is 18.1 Å². The van der Waals surface area contributed by atoms with Crippen LogP contribution in [-0.4, -0.2) is 46.5 Å². The van der Waals surface area contributed by atoms with E-state index in [-0.39, 0.29) is 0 Å². The maximum absolute atomic E-state index is 7.57. The van der Waals surface area contributed by atoms with Crippen molar-refractivity contribution in [1.82, 2.24) is 0 Å². The average molecular weight is 559 g/mol. The number of hydrogen-bond donors (Lipinski definition) is 0. The van der Waals surface area contributed by atoms with Crippen LogP contribution in [0.4, 0.5) is 0 Å². The molecule has 0 saturated carbocycles. The molecule has 0 aromatic heterocycles. The van der Waals surface area contributed by atoms with Crippen molar-refractivity contribution in [1.29, 1.82) is 0 Å². The Morgan fingerprint density at radius 3 is 0.821 bits per heavy atom. The molecule has 0 radical (unpaired) electrons. The molecule has 0 bridgehead atoms. The van der Waals surface area contributed by atoms with E-state index in [9.17, 15) is 0 Å². The zero-order valence-electron chi connectivity index (χ0n) is 24.1. The summed E-state index contributed by atoms with van der Waals surface area (Å²) in [4.78, 5) is 0. The van der Waals surface area contributed by atoms with Gasteiger partial charge in [-0.1, -0.05) is 24.3 Å². The predicted octanol–water partition coefficient (Wildman–Crippen LogP) is 3.35. The highest BCUT2D eigenvalue weighted by Crippen LogP contribution is 2.18. The average Bonchev–Trinajstić information content (AvgIpc) is 2.96. The van der Waals surface area contributed by atoms with E-state index < -0.39 is 18.1 Å². The van der Waals surface area contributed by atoms with Crippen molar-refractivity contribution in [2.45, 2.75) is 27.7 Å². The molecule has 0 saturated heterocycles. The first kappa shape index (κ1) is 28.5. The summed E-state index contributed by atoms with van der Waals surface area (Å²) in [5.41, 5.74) is 4.75. The molecular formula is C32H38O5Si2. The lowest BCUT2D eigenvalue weighted by Gasteiger charge is -2.29. The van der Waals surface area contributed by atoms with Crippen LogP contribution in [0.1, 0.15) is 22.3 Å². The SMILES string of the molecule is COc1ccc(C)c([SiH](O[SiH](c2cc(OC)ccc2C)c2cc(OC)ccc2C)c2cc(OC)ccc2C)c1. The van der Waals surface area contributed by atoms with E-state index in [1.165, 1.54) is 43.0 Å². The smallest absolute Gasteiger partial charge is 0.229 e. The summed E-state index contributed by atoms with van der Waals surface area (Å²) in [6.07, 6.45) is 0. The van der Waals surface area contributed by atoms with Gasteiger partial charge in [-0.25, -0.2) is 0 Å². The normalized spacial score (nSPS) is 11.1. The molecule has 5 nitrogen and oxygen atoms in total. The van der Waals surface area contributed by atoms with Gasteiger partial charge in [-0.05, 0) is 119 Å². The molecular weight excluding hydrogens is 521 g/mol. The van der Waals surface area contributed by atoms with Crippen LogP contribution >= 0.6 is 0 Å². The van der Waals surface area contributed by atoms with Gasteiger partial charge >= 0.3 is 0 Å². The fourth-order valence-electron chi connectivity index (χ4n) is 4.88. The number of methoxy groups -OCH3 is 4. The van der Waals surface area contributed by atoms with Gasteiger partial charge in [-0.3, -0.25) is 0 Å². The lowest BCUT2D eigenvalue weighted by molar-refractivity contribution is 0.415. The summed E-state index contributed by atoms with van der Waals surface area (Å²) < 4.78 is 30.2. The minimum Gasteiger partial charge on any atom is -0.497 e. The lowest BCUT2D eigenvalue weighted by atomic mass is 10.2. The van der Waals surface area contributed by atoms with Gasteiger partial charge in [-0.2, -0.15) is 0 Å². The first-order valence-corrected chi connectivity index (χ1v) is 16.3. The second-order valence-corrected chi connectivity index (χ2v) is 14.9. The molecule has 4 aromatic rings. The first-order valence-electron chi connectivity index (χ1n) is 13.0. The van der Waals surface area contributed by atoms with E-state index in [1.54, 1.807) is 28.4 Å². The third kappa shape index (κ3) is 6.22. The van der Waals surface area contributed by atoms with Gasteiger partial charge in [0.1, 0.15) is 23.0 Å². The van der Waals surface area contributed by atoms with Crippen molar-refractivity contribution in [3.63, 3.8) is 0 Å². The topological polar surface area (TPSA) is 46.2 Å². The third-order valence-corrected chi connectivity index (χ3v) is 14.3.